The van der Waals surface area contributed by atoms with E-state index in [1.807, 2.05) is 44.3 Å². The first-order valence-corrected chi connectivity index (χ1v) is 7.00. The molecule has 20 heavy (non-hydrogen) atoms. The normalized spacial score (nSPS) is 10.9. The van der Waals surface area contributed by atoms with Gasteiger partial charge in [-0.2, -0.15) is 5.10 Å². The highest BCUT2D eigenvalue weighted by atomic mass is 79.9. The summed E-state index contributed by atoms with van der Waals surface area (Å²) in [6.45, 7) is 1.92. The molecule has 102 valence electrons. The molecule has 0 aliphatic heterocycles. The molecule has 0 saturated heterocycles. The molecule has 0 atom stereocenters. The van der Waals surface area contributed by atoms with E-state index in [1.54, 1.807) is 10.9 Å². The SMILES string of the molecule is Cc1occc1-c1nn(C)c(N)c1-c1ccc(Br)cc1. The lowest BCUT2D eigenvalue weighted by Gasteiger charge is -2.04. The molecule has 0 spiro atoms. The van der Waals surface area contributed by atoms with Gasteiger partial charge in [0.25, 0.3) is 0 Å². The van der Waals surface area contributed by atoms with Crippen molar-refractivity contribution in [2.45, 2.75) is 6.92 Å². The van der Waals surface area contributed by atoms with Crippen LogP contribution in [-0.4, -0.2) is 9.78 Å². The van der Waals surface area contributed by atoms with Gasteiger partial charge in [-0.3, -0.25) is 4.68 Å². The molecule has 3 aromatic rings. The predicted molar refractivity (Wildman–Crippen MR) is 83.2 cm³/mol. The van der Waals surface area contributed by atoms with Crippen LogP contribution in [0.15, 0.2) is 45.5 Å². The number of aromatic nitrogens is 2. The molecule has 0 bridgehead atoms. The molecule has 0 fully saturated rings. The molecule has 4 nitrogen and oxygen atoms in total. The van der Waals surface area contributed by atoms with Crippen molar-refractivity contribution in [3.8, 4) is 22.4 Å². The predicted octanol–water partition coefficient (Wildman–Crippen LogP) is 4.00. The van der Waals surface area contributed by atoms with Crippen LogP contribution in [0.2, 0.25) is 0 Å². The van der Waals surface area contributed by atoms with Crippen molar-refractivity contribution >= 4 is 21.7 Å². The Morgan fingerprint density at radius 2 is 1.90 bits per heavy atom. The maximum absolute atomic E-state index is 6.19. The van der Waals surface area contributed by atoms with Crippen LogP contribution in [0.1, 0.15) is 5.76 Å². The number of nitrogen functional groups attached to an aromatic ring is 1. The Morgan fingerprint density at radius 3 is 2.50 bits per heavy atom. The quantitative estimate of drug-likeness (QED) is 0.772. The van der Waals surface area contributed by atoms with Gasteiger partial charge in [0.2, 0.25) is 0 Å². The Bertz CT molecular complexity index is 756. The molecule has 5 heteroatoms. The fraction of sp³-hybridized carbons (Fsp3) is 0.133. The second-order valence-electron chi connectivity index (χ2n) is 4.63. The number of benzene rings is 1. The van der Waals surface area contributed by atoms with Gasteiger partial charge in [-0.25, -0.2) is 0 Å². The minimum absolute atomic E-state index is 0.642. The molecule has 2 aromatic heterocycles. The number of rotatable bonds is 2. The smallest absolute Gasteiger partial charge is 0.129 e. The van der Waals surface area contributed by atoms with Crippen LogP contribution in [0.5, 0.6) is 0 Å². The highest BCUT2D eigenvalue weighted by Crippen LogP contribution is 2.37. The second-order valence-corrected chi connectivity index (χ2v) is 5.55. The Hall–Kier alpha value is -2.01. The largest absolute Gasteiger partial charge is 0.469 e. The number of hydrogen-bond acceptors (Lipinski definition) is 3. The van der Waals surface area contributed by atoms with E-state index in [-0.39, 0.29) is 0 Å². The van der Waals surface area contributed by atoms with Crippen molar-refractivity contribution < 1.29 is 4.42 Å². The van der Waals surface area contributed by atoms with Crippen molar-refractivity contribution in [2.75, 3.05) is 5.73 Å². The average Bonchev–Trinajstić information content (AvgIpc) is 2.96. The Labute approximate surface area is 125 Å². The fourth-order valence-electron chi connectivity index (χ4n) is 2.26. The first kappa shape index (κ1) is 13.0. The third kappa shape index (κ3) is 2.04. The van der Waals surface area contributed by atoms with Crippen molar-refractivity contribution in [3.63, 3.8) is 0 Å². The monoisotopic (exact) mass is 331 g/mol. The summed E-state index contributed by atoms with van der Waals surface area (Å²) in [5.74, 6) is 1.48. The lowest BCUT2D eigenvalue weighted by molar-refractivity contribution is 0.535. The van der Waals surface area contributed by atoms with Crippen LogP contribution < -0.4 is 5.73 Å². The number of hydrogen-bond donors (Lipinski definition) is 1. The lowest BCUT2D eigenvalue weighted by atomic mass is 10.0. The van der Waals surface area contributed by atoms with Gasteiger partial charge < -0.3 is 10.2 Å². The fourth-order valence-corrected chi connectivity index (χ4v) is 2.52. The number of aryl methyl sites for hydroxylation is 2. The maximum Gasteiger partial charge on any atom is 0.129 e. The van der Waals surface area contributed by atoms with Gasteiger partial charge >= 0.3 is 0 Å². The average molecular weight is 332 g/mol. The van der Waals surface area contributed by atoms with Crippen LogP contribution in [0.25, 0.3) is 22.4 Å². The zero-order valence-corrected chi connectivity index (χ0v) is 12.8. The molecule has 1 aromatic carbocycles. The Kier molecular flexibility index (Phi) is 3.14. The molecular formula is C15H14BrN3O. The van der Waals surface area contributed by atoms with Crippen LogP contribution >= 0.6 is 15.9 Å². The van der Waals surface area contributed by atoms with Gasteiger partial charge in [0.05, 0.1) is 11.8 Å². The van der Waals surface area contributed by atoms with Crippen molar-refractivity contribution in [1.29, 1.82) is 0 Å². The molecule has 0 aliphatic rings. The minimum Gasteiger partial charge on any atom is -0.469 e. The highest BCUT2D eigenvalue weighted by molar-refractivity contribution is 9.10. The molecule has 0 radical (unpaired) electrons. The first-order valence-electron chi connectivity index (χ1n) is 6.21. The van der Waals surface area contributed by atoms with E-state index < -0.39 is 0 Å². The van der Waals surface area contributed by atoms with Crippen molar-refractivity contribution in [1.82, 2.24) is 9.78 Å². The van der Waals surface area contributed by atoms with E-state index in [4.69, 9.17) is 10.2 Å². The maximum atomic E-state index is 6.19. The molecule has 3 rings (SSSR count). The van der Waals surface area contributed by atoms with E-state index in [2.05, 4.69) is 21.0 Å². The summed E-state index contributed by atoms with van der Waals surface area (Å²) in [5.41, 5.74) is 9.97. The Morgan fingerprint density at radius 1 is 1.20 bits per heavy atom. The summed E-state index contributed by atoms with van der Waals surface area (Å²) in [5, 5.41) is 4.53. The van der Waals surface area contributed by atoms with Gasteiger partial charge in [-0.15, -0.1) is 0 Å². The molecule has 2 heterocycles. The summed E-state index contributed by atoms with van der Waals surface area (Å²) in [4.78, 5) is 0. The zero-order valence-electron chi connectivity index (χ0n) is 11.2. The van der Waals surface area contributed by atoms with Gasteiger partial charge in [-0.1, -0.05) is 28.1 Å². The van der Waals surface area contributed by atoms with E-state index >= 15 is 0 Å². The molecule has 0 saturated carbocycles. The summed E-state index contributed by atoms with van der Waals surface area (Å²) in [6, 6.07) is 9.95. The number of nitrogens with zero attached hydrogens (tertiary/aromatic N) is 2. The molecular weight excluding hydrogens is 318 g/mol. The number of halogens is 1. The molecule has 0 unspecified atom stereocenters. The summed E-state index contributed by atoms with van der Waals surface area (Å²) in [7, 11) is 1.84. The standard InChI is InChI=1S/C15H14BrN3O/c1-9-12(7-8-20-9)14-13(15(17)19(2)18-14)10-3-5-11(16)6-4-10/h3-8H,17H2,1-2H3. The van der Waals surface area contributed by atoms with E-state index in [0.717, 1.165) is 32.6 Å². The van der Waals surface area contributed by atoms with Crippen LogP contribution in [-0.2, 0) is 7.05 Å². The van der Waals surface area contributed by atoms with Crippen LogP contribution in [0.4, 0.5) is 5.82 Å². The van der Waals surface area contributed by atoms with Gasteiger partial charge in [-0.05, 0) is 30.7 Å². The van der Waals surface area contributed by atoms with E-state index in [0.29, 0.717) is 5.82 Å². The van der Waals surface area contributed by atoms with Crippen molar-refractivity contribution in [2.24, 2.45) is 7.05 Å². The van der Waals surface area contributed by atoms with Crippen molar-refractivity contribution in [3.05, 3.63) is 46.8 Å². The molecule has 0 amide bonds. The summed E-state index contributed by atoms with van der Waals surface area (Å²) in [6.07, 6.45) is 1.67. The Balaban J connectivity index is 2.25. The van der Waals surface area contributed by atoms with E-state index in [9.17, 15) is 0 Å². The zero-order chi connectivity index (χ0) is 14.3. The molecule has 2 N–H and O–H groups in total. The first-order chi connectivity index (χ1) is 9.58. The van der Waals surface area contributed by atoms with Gasteiger partial charge in [0.1, 0.15) is 17.3 Å². The van der Waals surface area contributed by atoms with Gasteiger partial charge in [0, 0.05) is 17.1 Å². The summed E-state index contributed by atoms with van der Waals surface area (Å²) >= 11 is 3.44. The van der Waals surface area contributed by atoms with Crippen LogP contribution in [0, 0.1) is 6.92 Å². The topological polar surface area (TPSA) is 57.0 Å². The molecule has 0 aliphatic carbocycles. The second kappa shape index (κ2) is 4.83. The van der Waals surface area contributed by atoms with Gasteiger partial charge in [0.15, 0.2) is 0 Å². The number of nitrogens with two attached hydrogens (primary N) is 1. The third-order valence-corrected chi connectivity index (χ3v) is 3.87. The number of anilines is 1. The minimum atomic E-state index is 0.642. The third-order valence-electron chi connectivity index (χ3n) is 3.34. The van der Waals surface area contributed by atoms with Crippen LogP contribution in [0.3, 0.4) is 0 Å². The van der Waals surface area contributed by atoms with E-state index in [1.165, 1.54) is 0 Å². The number of furan rings is 1. The lowest BCUT2D eigenvalue weighted by Crippen LogP contribution is -1.97. The summed E-state index contributed by atoms with van der Waals surface area (Å²) < 4.78 is 8.11. The highest BCUT2D eigenvalue weighted by Gasteiger charge is 2.19.